The second-order valence-corrected chi connectivity index (χ2v) is 5.67. The molecule has 0 aliphatic carbocycles. The summed E-state index contributed by atoms with van der Waals surface area (Å²) < 4.78 is 5.47. The maximum absolute atomic E-state index is 9.34. The van der Waals surface area contributed by atoms with E-state index in [1.54, 1.807) is 0 Å². The summed E-state index contributed by atoms with van der Waals surface area (Å²) in [5, 5.41) is 12.8. The van der Waals surface area contributed by atoms with Gasteiger partial charge in [-0.25, -0.2) is 0 Å². The van der Waals surface area contributed by atoms with Crippen LogP contribution < -0.4 is 10.1 Å². The van der Waals surface area contributed by atoms with Gasteiger partial charge in [0, 0.05) is 17.8 Å². The standard InChI is InChI=1S/C14H21NO2S/c1-2-17-14-4-3-13(7-12(14)9-16)15-8-11-5-6-18-10-11/h3-4,7,11,15-16H,2,5-6,8-10H2,1H3. The van der Waals surface area contributed by atoms with E-state index in [2.05, 4.69) is 5.32 Å². The van der Waals surface area contributed by atoms with Crippen LogP contribution in [0.4, 0.5) is 5.69 Å². The van der Waals surface area contributed by atoms with E-state index in [-0.39, 0.29) is 6.61 Å². The second-order valence-electron chi connectivity index (χ2n) is 4.52. The zero-order valence-corrected chi connectivity index (χ0v) is 11.6. The highest BCUT2D eigenvalue weighted by Gasteiger charge is 2.15. The van der Waals surface area contributed by atoms with Crippen LogP contribution >= 0.6 is 11.8 Å². The molecule has 2 N–H and O–H groups in total. The van der Waals surface area contributed by atoms with Gasteiger partial charge in [0.2, 0.25) is 0 Å². The Labute approximate surface area is 113 Å². The minimum Gasteiger partial charge on any atom is -0.494 e. The summed E-state index contributed by atoms with van der Waals surface area (Å²) in [5.41, 5.74) is 1.92. The smallest absolute Gasteiger partial charge is 0.124 e. The van der Waals surface area contributed by atoms with Crippen molar-refractivity contribution in [3.63, 3.8) is 0 Å². The predicted molar refractivity (Wildman–Crippen MR) is 77.5 cm³/mol. The Morgan fingerprint density at radius 1 is 1.50 bits per heavy atom. The number of benzene rings is 1. The lowest BCUT2D eigenvalue weighted by Gasteiger charge is -2.14. The van der Waals surface area contributed by atoms with E-state index in [4.69, 9.17) is 4.74 Å². The van der Waals surface area contributed by atoms with Crippen molar-refractivity contribution < 1.29 is 9.84 Å². The summed E-state index contributed by atoms with van der Waals surface area (Å²) in [6, 6.07) is 5.93. The molecule has 1 atom stereocenters. The van der Waals surface area contributed by atoms with E-state index < -0.39 is 0 Å². The minimum atomic E-state index is 0.0180. The molecule has 1 aliphatic heterocycles. The SMILES string of the molecule is CCOc1ccc(NCC2CCSC2)cc1CO. The van der Waals surface area contributed by atoms with Gasteiger partial charge in [-0.15, -0.1) is 0 Å². The van der Waals surface area contributed by atoms with E-state index in [0.717, 1.165) is 29.5 Å². The molecule has 1 fully saturated rings. The number of hydrogen-bond donors (Lipinski definition) is 2. The number of rotatable bonds is 6. The molecule has 100 valence electrons. The fraction of sp³-hybridized carbons (Fsp3) is 0.571. The molecule has 3 nitrogen and oxygen atoms in total. The lowest BCUT2D eigenvalue weighted by atomic mass is 10.1. The first-order valence-corrected chi connectivity index (χ1v) is 7.67. The van der Waals surface area contributed by atoms with Crippen LogP contribution in [0.15, 0.2) is 18.2 Å². The minimum absolute atomic E-state index is 0.0180. The van der Waals surface area contributed by atoms with Crippen LogP contribution in [0.1, 0.15) is 18.9 Å². The molecule has 2 rings (SSSR count). The Balaban J connectivity index is 1.95. The van der Waals surface area contributed by atoms with Gasteiger partial charge in [-0.3, -0.25) is 0 Å². The zero-order valence-electron chi connectivity index (χ0n) is 10.8. The maximum atomic E-state index is 9.34. The van der Waals surface area contributed by atoms with Crippen molar-refractivity contribution in [3.05, 3.63) is 23.8 Å². The van der Waals surface area contributed by atoms with Gasteiger partial charge < -0.3 is 15.2 Å². The number of thioether (sulfide) groups is 1. The summed E-state index contributed by atoms with van der Waals surface area (Å²) in [6.45, 7) is 3.61. The van der Waals surface area contributed by atoms with Crippen LogP contribution in [0, 0.1) is 5.92 Å². The van der Waals surface area contributed by atoms with E-state index in [1.807, 2.05) is 36.9 Å². The van der Waals surface area contributed by atoms with Gasteiger partial charge in [0.15, 0.2) is 0 Å². The number of aliphatic hydroxyl groups is 1. The van der Waals surface area contributed by atoms with Gasteiger partial charge in [0.05, 0.1) is 13.2 Å². The van der Waals surface area contributed by atoms with E-state index in [0.29, 0.717) is 6.61 Å². The summed E-state index contributed by atoms with van der Waals surface area (Å²) in [4.78, 5) is 0. The average Bonchev–Trinajstić information content (AvgIpc) is 2.91. The van der Waals surface area contributed by atoms with E-state index in [1.165, 1.54) is 17.9 Å². The number of ether oxygens (including phenoxy) is 1. The number of aliphatic hydroxyl groups excluding tert-OH is 1. The first-order valence-electron chi connectivity index (χ1n) is 6.51. The molecule has 1 aromatic carbocycles. The van der Waals surface area contributed by atoms with Gasteiger partial charge in [-0.05, 0) is 49.0 Å². The van der Waals surface area contributed by atoms with E-state index in [9.17, 15) is 5.11 Å². The lowest BCUT2D eigenvalue weighted by molar-refractivity contribution is 0.267. The van der Waals surface area contributed by atoms with Crippen molar-refractivity contribution in [1.29, 1.82) is 0 Å². The molecule has 1 heterocycles. The first-order chi connectivity index (χ1) is 8.83. The van der Waals surface area contributed by atoms with Gasteiger partial charge in [0.25, 0.3) is 0 Å². The van der Waals surface area contributed by atoms with Crippen LogP contribution in [0.5, 0.6) is 5.75 Å². The summed E-state index contributed by atoms with van der Waals surface area (Å²) in [5.74, 6) is 4.11. The molecule has 1 aromatic rings. The molecule has 0 bridgehead atoms. The number of hydrogen-bond acceptors (Lipinski definition) is 4. The fourth-order valence-corrected chi connectivity index (χ4v) is 3.40. The fourth-order valence-electron chi connectivity index (χ4n) is 2.12. The quantitative estimate of drug-likeness (QED) is 0.831. The molecule has 1 aliphatic rings. The van der Waals surface area contributed by atoms with Gasteiger partial charge in [-0.1, -0.05) is 0 Å². The molecule has 4 heteroatoms. The van der Waals surface area contributed by atoms with Crippen LogP contribution in [0.2, 0.25) is 0 Å². The second kappa shape index (κ2) is 6.90. The normalized spacial score (nSPS) is 18.9. The monoisotopic (exact) mass is 267 g/mol. The van der Waals surface area contributed by atoms with Crippen molar-refractivity contribution in [2.75, 3.05) is 30.0 Å². The molecular formula is C14H21NO2S. The Hall–Kier alpha value is -0.870. The third kappa shape index (κ3) is 3.56. The van der Waals surface area contributed by atoms with Crippen molar-refractivity contribution >= 4 is 17.4 Å². The lowest BCUT2D eigenvalue weighted by Crippen LogP contribution is -2.13. The van der Waals surface area contributed by atoms with Crippen molar-refractivity contribution in [1.82, 2.24) is 0 Å². The predicted octanol–water partition coefficient (Wildman–Crippen LogP) is 2.74. The number of anilines is 1. The topological polar surface area (TPSA) is 41.5 Å². The van der Waals surface area contributed by atoms with Crippen molar-refractivity contribution in [2.24, 2.45) is 5.92 Å². The van der Waals surface area contributed by atoms with Crippen LogP contribution in [-0.4, -0.2) is 29.8 Å². The molecule has 1 saturated heterocycles. The number of nitrogens with one attached hydrogen (secondary N) is 1. The summed E-state index contributed by atoms with van der Waals surface area (Å²) >= 11 is 2.03. The molecule has 0 aromatic heterocycles. The van der Waals surface area contributed by atoms with Crippen LogP contribution in [0.25, 0.3) is 0 Å². The Kier molecular flexibility index (Phi) is 5.20. The summed E-state index contributed by atoms with van der Waals surface area (Å²) in [6.07, 6.45) is 1.31. The van der Waals surface area contributed by atoms with Crippen LogP contribution in [-0.2, 0) is 6.61 Å². The molecule has 18 heavy (non-hydrogen) atoms. The molecular weight excluding hydrogens is 246 g/mol. The van der Waals surface area contributed by atoms with Crippen molar-refractivity contribution in [3.8, 4) is 5.75 Å². The molecule has 0 spiro atoms. The zero-order chi connectivity index (χ0) is 12.8. The highest BCUT2D eigenvalue weighted by molar-refractivity contribution is 7.99. The molecule has 0 saturated carbocycles. The third-order valence-corrected chi connectivity index (χ3v) is 4.38. The van der Waals surface area contributed by atoms with Gasteiger partial charge >= 0.3 is 0 Å². The van der Waals surface area contributed by atoms with Crippen LogP contribution in [0.3, 0.4) is 0 Å². The first kappa shape index (κ1) is 13.6. The molecule has 0 amide bonds. The Morgan fingerprint density at radius 3 is 3.06 bits per heavy atom. The highest BCUT2D eigenvalue weighted by Crippen LogP contribution is 2.26. The maximum Gasteiger partial charge on any atom is 0.124 e. The van der Waals surface area contributed by atoms with Crippen molar-refractivity contribution in [2.45, 2.75) is 20.0 Å². The van der Waals surface area contributed by atoms with Gasteiger partial charge in [0.1, 0.15) is 5.75 Å². The largest absolute Gasteiger partial charge is 0.494 e. The third-order valence-electron chi connectivity index (χ3n) is 3.15. The summed E-state index contributed by atoms with van der Waals surface area (Å²) in [7, 11) is 0. The Bertz CT molecular complexity index is 378. The Morgan fingerprint density at radius 2 is 2.39 bits per heavy atom. The molecule has 0 radical (unpaired) electrons. The van der Waals surface area contributed by atoms with Gasteiger partial charge in [-0.2, -0.15) is 11.8 Å². The van der Waals surface area contributed by atoms with E-state index >= 15 is 0 Å². The molecule has 1 unspecified atom stereocenters. The average molecular weight is 267 g/mol. The highest BCUT2D eigenvalue weighted by atomic mass is 32.2.